The van der Waals surface area contributed by atoms with Crippen LogP contribution in [0.15, 0.2) is 6.20 Å². The number of urea groups is 1. The second-order valence-electron chi connectivity index (χ2n) is 6.49. The van der Waals surface area contributed by atoms with Crippen LogP contribution in [-0.4, -0.2) is 45.4 Å². The second-order valence-corrected chi connectivity index (χ2v) is 6.49. The van der Waals surface area contributed by atoms with E-state index in [0.717, 1.165) is 24.2 Å². The molecule has 1 aliphatic rings. The smallest absolute Gasteiger partial charge is 0.321 e. The highest BCUT2D eigenvalue weighted by atomic mass is 16.4. The lowest BCUT2D eigenvalue weighted by atomic mass is 9.86. The minimum atomic E-state index is -0.908. The van der Waals surface area contributed by atoms with E-state index < -0.39 is 11.9 Å². The van der Waals surface area contributed by atoms with E-state index in [1.54, 1.807) is 18.7 Å². The highest BCUT2D eigenvalue weighted by Gasteiger charge is 2.24. The molecule has 0 spiro atoms. The Morgan fingerprint density at radius 2 is 2.09 bits per heavy atom. The molecule has 1 heterocycles. The van der Waals surface area contributed by atoms with Crippen LogP contribution in [0.1, 0.15) is 50.6 Å². The lowest BCUT2D eigenvalue weighted by Crippen LogP contribution is -2.36. The first-order chi connectivity index (χ1) is 10.9. The molecule has 7 nitrogen and oxygen atoms in total. The molecule has 1 saturated carbocycles. The van der Waals surface area contributed by atoms with Crippen molar-refractivity contribution in [2.24, 2.45) is 13.0 Å². The molecule has 2 N–H and O–H groups in total. The molecular weight excluding hydrogens is 296 g/mol. The molecular formula is C16H26N4O3. The van der Waals surface area contributed by atoms with Gasteiger partial charge in [0.25, 0.3) is 0 Å². The van der Waals surface area contributed by atoms with E-state index in [4.69, 9.17) is 5.11 Å². The van der Waals surface area contributed by atoms with E-state index in [1.807, 2.05) is 13.2 Å². The minimum Gasteiger partial charge on any atom is -0.481 e. The molecule has 0 radical (unpaired) electrons. The third kappa shape index (κ3) is 4.46. The summed E-state index contributed by atoms with van der Waals surface area (Å²) < 4.78 is 1.72. The Hall–Kier alpha value is -2.05. The number of carbonyl (C=O) groups excluding carboxylic acids is 1. The number of hydrogen-bond donors (Lipinski definition) is 2. The average molecular weight is 322 g/mol. The average Bonchev–Trinajstić information content (AvgIpc) is 2.88. The van der Waals surface area contributed by atoms with Gasteiger partial charge in [-0.05, 0) is 12.8 Å². The Morgan fingerprint density at radius 3 is 2.70 bits per heavy atom. The summed E-state index contributed by atoms with van der Waals surface area (Å²) in [5.74, 6) is -1.12. The molecule has 128 valence electrons. The van der Waals surface area contributed by atoms with Crippen molar-refractivity contribution >= 4 is 17.7 Å². The summed E-state index contributed by atoms with van der Waals surface area (Å²) in [7, 11) is 3.45. The van der Waals surface area contributed by atoms with Crippen molar-refractivity contribution in [1.82, 2.24) is 14.7 Å². The highest BCUT2D eigenvalue weighted by molar-refractivity contribution is 5.90. The summed E-state index contributed by atoms with van der Waals surface area (Å²) in [4.78, 5) is 24.6. The van der Waals surface area contributed by atoms with Gasteiger partial charge in [-0.1, -0.05) is 26.2 Å². The summed E-state index contributed by atoms with van der Waals surface area (Å²) in [6.07, 6.45) is 7.68. The minimum absolute atomic E-state index is 0.167. The van der Waals surface area contributed by atoms with Crippen molar-refractivity contribution in [3.8, 4) is 0 Å². The van der Waals surface area contributed by atoms with Gasteiger partial charge in [-0.3, -0.25) is 9.48 Å². The summed E-state index contributed by atoms with van der Waals surface area (Å²) in [6.45, 7) is 1.75. The SMILES string of the molecule is CC(CN(C)C(=O)Nc1cn(C)nc1C1CCCCC1)C(=O)O. The van der Waals surface area contributed by atoms with Crippen LogP contribution in [0.2, 0.25) is 0 Å². The molecule has 0 saturated heterocycles. The summed E-state index contributed by atoms with van der Waals surface area (Å²) in [6, 6.07) is -0.303. The first-order valence-electron chi connectivity index (χ1n) is 8.17. The summed E-state index contributed by atoms with van der Waals surface area (Å²) in [5.41, 5.74) is 1.68. The van der Waals surface area contributed by atoms with Crippen LogP contribution in [0.3, 0.4) is 0 Å². The normalized spacial score (nSPS) is 16.8. The van der Waals surface area contributed by atoms with Crippen LogP contribution in [-0.2, 0) is 11.8 Å². The standard InChI is InChI=1S/C16H26N4O3/c1-11(15(21)22)9-19(2)16(23)17-13-10-20(3)18-14(13)12-7-5-4-6-8-12/h10-12H,4-9H2,1-3H3,(H,17,23)(H,21,22). The van der Waals surface area contributed by atoms with E-state index in [2.05, 4.69) is 10.4 Å². The lowest BCUT2D eigenvalue weighted by Gasteiger charge is -2.23. The summed E-state index contributed by atoms with van der Waals surface area (Å²) in [5, 5.41) is 16.4. The van der Waals surface area contributed by atoms with Crippen molar-refractivity contribution in [2.75, 3.05) is 18.9 Å². The number of aryl methyl sites for hydroxylation is 1. The Balaban J connectivity index is 2.04. The van der Waals surface area contributed by atoms with Crippen molar-refractivity contribution in [3.63, 3.8) is 0 Å². The number of aromatic nitrogens is 2. The fourth-order valence-corrected chi connectivity index (χ4v) is 3.06. The molecule has 2 amide bonds. The fourth-order valence-electron chi connectivity index (χ4n) is 3.06. The maximum atomic E-state index is 12.3. The van der Waals surface area contributed by atoms with Crippen molar-refractivity contribution in [1.29, 1.82) is 0 Å². The van der Waals surface area contributed by atoms with Crippen molar-refractivity contribution in [2.45, 2.75) is 44.9 Å². The number of rotatable bonds is 5. The molecule has 1 unspecified atom stereocenters. The maximum Gasteiger partial charge on any atom is 0.321 e. The zero-order valence-corrected chi connectivity index (χ0v) is 14.1. The van der Waals surface area contributed by atoms with Crippen LogP contribution in [0.5, 0.6) is 0 Å². The number of carbonyl (C=O) groups is 2. The van der Waals surface area contributed by atoms with Crippen LogP contribution in [0.4, 0.5) is 10.5 Å². The molecule has 1 fully saturated rings. The Kier molecular flexibility index (Phi) is 5.63. The Bertz CT molecular complexity index is 564. The van der Waals surface area contributed by atoms with Gasteiger partial charge in [0.2, 0.25) is 0 Å². The molecule has 0 aromatic carbocycles. The van der Waals surface area contributed by atoms with E-state index in [-0.39, 0.29) is 12.6 Å². The van der Waals surface area contributed by atoms with Gasteiger partial charge in [0, 0.05) is 32.8 Å². The molecule has 1 aromatic heterocycles. The first-order valence-corrected chi connectivity index (χ1v) is 8.17. The zero-order valence-electron chi connectivity index (χ0n) is 14.1. The third-order valence-corrected chi connectivity index (χ3v) is 4.41. The molecule has 23 heavy (non-hydrogen) atoms. The van der Waals surface area contributed by atoms with Crippen LogP contribution in [0.25, 0.3) is 0 Å². The number of nitrogens with zero attached hydrogens (tertiary/aromatic N) is 3. The molecule has 0 bridgehead atoms. The molecule has 1 aliphatic carbocycles. The Morgan fingerprint density at radius 1 is 1.43 bits per heavy atom. The monoisotopic (exact) mass is 322 g/mol. The number of anilines is 1. The number of carboxylic acid groups (broad SMARTS) is 1. The van der Waals surface area contributed by atoms with Gasteiger partial charge >= 0.3 is 12.0 Å². The van der Waals surface area contributed by atoms with Crippen LogP contribution >= 0.6 is 0 Å². The lowest BCUT2D eigenvalue weighted by molar-refractivity contribution is -0.141. The molecule has 7 heteroatoms. The molecule has 0 aliphatic heterocycles. The van der Waals surface area contributed by atoms with E-state index in [1.165, 1.54) is 24.2 Å². The quantitative estimate of drug-likeness (QED) is 0.872. The topological polar surface area (TPSA) is 87.5 Å². The van der Waals surface area contributed by atoms with E-state index in [0.29, 0.717) is 5.92 Å². The first kappa shape index (κ1) is 17.3. The number of amides is 2. The van der Waals surface area contributed by atoms with Gasteiger partial charge in [-0.2, -0.15) is 5.10 Å². The predicted molar refractivity (Wildman–Crippen MR) is 87.5 cm³/mol. The van der Waals surface area contributed by atoms with Crippen LogP contribution < -0.4 is 5.32 Å². The van der Waals surface area contributed by atoms with Crippen LogP contribution in [0, 0.1) is 5.92 Å². The molecule has 1 atom stereocenters. The third-order valence-electron chi connectivity index (χ3n) is 4.41. The van der Waals surface area contributed by atoms with Gasteiger partial charge in [0.1, 0.15) is 0 Å². The van der Waals surface area contributed by atoms with Crippen molar-refractivity contribution in [3.05, 3.63) is 11.9 Å². The number of carboxylic acids is 1. The Labute approximate surface area is 136 Å². The summed E-state index contributed by atoms with van der Waals surface area (Å²) >= 11 is 0. The largest absolute Gasteiger partial charge is 0.481 e. The van der Waals surface area contributed by atoms with Crippen molar-refractivity contribution < 1.29 is 14.7 Å². The highest BCUT2D eigenvalue weighted by Crippen LogP contribution is 2.35. The fraction of sp³-hybridized carbons (Fsp3) is 0.688. The number of hydrogen-bond acceptors (Lipinski definition) is 3. The van der Waals surface area contributed by atoms with Gasteiger partial charge < -0.3 is 15.3 Å². The maximum absolute atomic E-state index is 12.3. The molecule has 2 rings (SSSR count). The van der Waals surface area contributed by atoms with E-state index >= 15 is 0 Å². The number of aliphatic carboxylic acids is 1. The van der Waals surface area contributed by atoms with E-state index in [9.17, 15) is 9.59 Å². The second kappa shape index (κ2) is 7.48. The van der Waals surface area contributed by atoms with Gasteiger partial charge in [0.05, 0.1) is 17.3 Å². The zero-order chi connectivity index (χ0) is 17.0. The predicted octanol–water partition coefficient (Wildman–Crippen LogP) is 2.65. The van der Waals surface area contributed by atoms with Gasteiger partial charge in [0.15, 0.2) is 0 Å². The van der Waals surface area contributed by atoms with Gasteiger partial charge in [-0.15, -0.1) is 0 Å². The van der Waals surface area contributed by atoms with Gasteiger partial charge in [-0.25, -0.2) is 4.79 Å². The number of nitrogens with one attached hydrogen (secondary N) is 1. The molecule has 1 aromatic rings.